The number of nitrogens with zero attached hydrogens (tertiary/aromatic N) is 1. The van der Waals surface area contributed by atoms with Gasteiger partial charge in [0.15, 0.2) is 18.1 Å². The standard InChI is InChI=1S/C27H24N2O6/c1-32-23-13-17(14-24(33-2)26(23)34-3)22-15-20(19-11-7-8-12-21(19)29-22)27(31)35-16-25(30)28-18-9-5-4-6-10-18/h4-15H,16H2,1-3H3,(H,28,30). The van der Waals surface area contributed by atoms with Crippen molar-refractivity contribution in [3.05, 3.63) is 78.4 Å². The number of esters is 1. The molecule has 0 aliphatic rings. The number of anilines is 1. The first-order valence-corrected chi connectivity index (χ1v) is 10.8. The molecule has 0 aliphatic heterocycles. The molecule has 1 aromatic heterocycles. The van der Waals surface area contributed by atoms with Gasteiger partial charge in [0.25, 0.3) is 5.91 Å². The van der Waals surface area contributed by atoms with Crippen LogP contribution in [0.5, 0.6) is 17.2 Å². The molecule has 0 saturated heterocycles. The SMILES string of the molecule is COc1cc(-c2cc(C(=O)OCC(=O)Nc3ccccc3)c3ccccc3n2)cc(OC)c1OC. The van der Waals surface area contributed by atoms with Crippen LogP contribution in [0.15, 0.2) is 72.8 Å². The Morgan fingerprint density at radius 2 is 1.49 bits per heavy atom. The van der Waals surface area contributed by atoms with Crippen molar-refractivity contribution in [3.63, 3.8) is 0 Å². The van der Waals surface area contributed by atoms with Crippen molar-refractivity contribution in [2.24, 2.45) is 0 Å². The number of rotatable bonds is 8. The van der Waals surface area contributed by atoms with Gasteiger partial charge in [-0.3, -0.25) is 4.79 Å². The molecular formula is C27H24N2O6. The summed E-state index contributed by atoms with van der Waals surface area (Å²) in [6, 6.07) is 21.3. The van der Waals surface area contributed by atoms with Crippen molar-refractivity contribution in [2.75, 3.05) is 33.3 Å². The summed E-state index contributed by atoms with van der Waals surface area (Å²) in [7, 11) is 4.58. The zero-order valence-electron chi connectivity index (χ0n) is 19.5. The number of ether oxygens (including phenoxy) is 4. The van der Waals surface area contributed by atoms with E-state index in [9.17, 15) is 9.59 Å². The number of nitrogens with one attached hydrogen (secondary N) is 1. The summed E-state index contributed by atoms with van der Waals surface area (Å²) in [4.78, 5) is 30.0. The van der Waals surface area contributed by atoms with Crippen LogP contribution < -0.4 is 19.5 Å². The van der Waals surface area contributed by atoms with E-state index in [1.165, 1.54) is 21.3 Å². The summed E-state index contributed by atoms with van der Waals surface area (Å²) >= 11 is 0. The third-order valence-corrected chi connectivity index (χ3v) is 5.29. The lowest BCUT2D eigenvalue weighted by atomic mass is 10.0. The first-order valence-electron chi connectivity index (χ1n) is 10.8. The van der Waals surface area contributed by atoms with Gasteiger partial charge in [-0.15, -0.1) is 0 Å². The van der Waals surface area contributed by atoms with Gasteiger partial charge in [-0.1, -0.05) is 36.4 Å². The summed E-state index contributed by atoms with van der Waals surface area (Å²) < 4.78 is 21.6. The molecule has 0 fully saturated rings. The maximum absolute atomic E-state index is 13.0. The van der Waals surface area contributed by atoms with Gasteiger partial charge in [-0.2, -0.15) is 0 Å². The Balaban J connectivity index is 1.66. The summed E-state index contributed by atoms with van der Waals surface area (Å²) in [5.41, 5.74) is 2.66. The van der Waals surface area contributed by atoms with Gasteiger partial charge >= 0.3 is 5.97 Å². The van der Waals surface area contributed by atoms with Crippen LogP contribution in [-0.2, 0) is 9.53 Å². The van der Waals surface area contributed by atoms with E-state index in [1.54, 1.807) is 54.6 Å². The molecule has 1 N–H and O–H groups in total. The molecule has 4 rings (SSSR count). The van der Waals surface area contributed by atoms with E-state index in [0.29, 0.717) is 45.1 Å². The number of pyridine rings is 1. The number of hydrogen-bond acceptors (Lipinski definition) is 7. The fraction of sp³-hybridized carbons (Fsp3) is 0.148. The molecule has 1 heterocycles. The minimum Gasteiger partial charge on any atom is -0.493 e. The predicted molar refractivity (Wildman–Crippen MR) is 132 cm³/mol. The molecule has 8 nitrogen and oxygen atoms in total. The highest BCUT2D eigenvalue weighted by molar-refractivity contribution is 6.05. The smallest absolute Gasteiger partial charge is 0.339 e. The van der Waals surface area contributed by atoms with E-state index in [2.05, 4.69) is 5.32 Å². The highest BCUT2D eigenvalue weighted by atomic mass is 16.5. The number of aromatic nitrogens is 1. The van der Waals surface area contributed by atoms with Crippen molar-refractivity contribution in [1.29, 1.82) is 0 Å². The van der Waals surface area contributed by atoms with Crippen LogP contribution in [-0.4, -0.2) is 44.8 Å². The fourth-order valence-electron chi connectivity index (χ4n) is 3.65. The molecule has 1 amide bonds. The molecule has 35 heavy (non-hydrogen) atoms. The molecule has 0 saturated carbocycles. The molecule has 8 heteroatoms. The molecule has 3 aromatic carbocycles. The van der Waals surface area contributed by atoms with E-state index in [4.69, 9.17) is 23.9 Å². The summed E-state index contributed by atoms with van der Waals surface area (Å²) in [5, 5.41) is 3.30. The monoisotopic (exact) mass is 472 g/mol. The Morgan fingerprint density at radius 1 is 0.829 bits per heavy atom. The average Bonchev–Trinajstić information content (AvgIpc) is 2.90. The average molecular weight is 472 g/mol. The number of carbonyl (C=O) groups is 2. The van der Waals surface area contributed by atoms with E-state index < -0.39 is 18.5 Å². The highest BCUT2D eigenvalue weighted by Crippen LogP contribution is 2.41. The third-order valence-electron chi connectivity index (χ3n) is 5.29. The maximum Gasteiger partial charge on any atom is 0.339 e. The predicted octanol–water partition coefficient (Wildman–Crippen LogP) is 4.72. The Bertz CT molecular complexity index is 1350. The first kappa shape index (κ1) is 23.6. The van der Waals surface area contributed by atoms with Crippen LogP contribution in [0.4, 0.5) is 5.69 Å². The molecule has 0 bridgehead atoms. The minimum atomic E-state index is -0.638. The second kappa shape index (κ2) is 10.6. The largest absolute Gasteiger partial charge is 0.493 e. The number of para-hydroxylation sites is 2. The lowest BCUT2D eigenvalue weighted by Crippen LogP contribution is -2.21. The van der Waals surface area contributed by atoms with Gasteiger partial charge in [0, 0.05) is 16.6 Å². The van der Waals surface area contributed by atoms with Gasteiger partial charge in [0.05, 0.1) is 38.1 Å². The van der Waals surface area contributed by atoms with E-state index >= 15 is 0 Å². The summed E-state index contributed by atoms with van der Waals surface area (Å²) in [5.74, 6) is 0.286. The Kier molecular flexibility index (Phi) is 7.11. The van der Waals surface area contributed by atoms with E-state index in [0.717, 1.165) is 0 Å². The topological polar surface area (TPSA) is 96.0 Å². The molecule has 0 atom stereocenters. The normalized spacial score (nSPS) is 10.5. The van der Waals surface area contributed by atoms with Crippen molar-refractivity contribution in [2.45, 2.75) is 0 Å². The van der Waals surface area contributed by atoms with Crippen molar-refractivity contribution in [1.82, 2.24) is 4.98 Å². The second-order valence-electron chi connectivity index (χ2n) is 7.48. The van der Waals surface area contributed by atoms with Crippen LogP contribution in [0, 0.1) is 0 Å². The molecule has 0 unspecified atom stereocenters. The van der Waals surface area contributed by atoms with Crippen LogP contribution in [0.25, 0.3) is 22.2 Å². The number of methoxy groups -OCH3 is 3. The van der Waals surface area contributed by atoms with E-state index in [1.807, 2.05) is 18.2 Å². The molecule has 0 radical (unpaired) electrons. The number of fused-ring (bicyclic) bond motifs is 1. The van der Waals surface area contributed by atoms with E-state index in [-0.39, 0.29) is 5.56 Å². The Labute approximate surface area is 202 Å². The highest BCUT2D eigenvalue weighted by Gasteiger charge is 2.19. The van der Waals surface area contributed by atoms with Crippen molar-refractivity contribution < 1.29 is 28.5 Å². The molecule has 4 aromatic rings. The van der Waals surface area contributed by atoms with Crippen LogP contribution in [0.3, 0.4) is 0 Å². The molecular weight excluding hydrogens is 448 g/mol. The quantitative estimate of drug-likeness (QED) is 0.371. The lowest BCUT2D eigenvalue weighted by molar-refractivity contribution is -0.119. The zero-order valence-corrected chi connectivity index (χ0v) is 19.5. The summed E-state index contributed by atoms with van der Waals surface area (Å²) in [6.45, 7) is -0.427. The lowest BCUT2D eigenvalue weighted by Gasteiger charge is -2.15. The van der Waals surface area contributed by atoms with Crippen LogP contribution >= 0.6 is 0 Å². The first-order chi connectivity index (χ1) is 17.0. The van der Waals surface area contributed by atoms with Crippen molar-refractivity contribution in [3.8, 4) is 28.5 Å². The van der Waals surface area contributed by atoms with Crippen molar-refractivity contribution >= 4 is 28.5 Å². The van der Waals surface area contributed by atoms with Crippen LogP contribution in [0.2, 0.25) is 0 Å². The Morgan fingerprint density at radius 3 is 2.14 bits per heavy atom. The van der Waals surface area contributed by atoms with Gasteiger partial charge < -0.3 is 24.3 Å². The maximum atomic E-state index is 13.0. The number of hydrogen-bond donors (Lipinski definition) is 1. The molecule has 178 valence electrons. The summed E-state index contributed by atoms with van der Waals surface area (Å²) in [6.07, 6.45) is 0. The molecule has 0 spiro atoms. The fourth-order valence-corrected chi connectivity index (χ4v) is 3.65. The number of benzene rings is 3. The van der Waals surface area contributed by atoms with Gasteiger partial charge in [-0.25, -0.2) is 9.78 Å². The van der Waals surface area contributed by atoms with Crippen LogP contribution in [0.1, 0.15) is 10.4 Å². The third kappa shape index (κ3) is 5.16. The van der Waals surface area contributed by atoms with Gasteiger partial charge in [0.2, 0.25) is 5.75 Å². The number of amides is 1. The second-order valence-corrected chi connectivity index (χ2v) is 7.48. The Hall–Kier alpha value is -4.59. The molecule has 0 aliphatic carbocycles. The minimum absolute atomic E-state index is 0.284. The van der Waals surface area contributed by atoms with Gasteiger partial charge in [-0.05, 0) is 36.4 Å². The zero-order chi connectivity index (χ0) is 24.8. The van der Waals surface area contributed by atoms with Gasteiger partial charge in [0.1, 0.15) is 0 Å². The number of carbonyl (C=O) groups excluding carboxylic acids is 2.